The molecule has 0 radical (unpaired) electrons. The third kappa shape index (κ3) is 9.76. The molecule has 0 fully saturated rings. The second kappa shape index (κ2) is 12.9. The van der Waals surface area contributed by atoms with Crippen molar-refractivity contribution in [1.29, 1.82) is 0 Å². The molecule has 0 unspecified atom stereocenters. The number of anilines is 1. The van der Waals surface area contributed by atoms with Crippen molar-refractivity contribution in [1.82, 2.24) is 5.43 Å². The number of carbonyl (C=O) groups excluding carboxylic acids is 1. The maximum atomic E-state index is 13.7. The highest BCUT2D eigenvalue weighted by Crippen LogP contribution is 2.18. The van der Waals surface area contributed by atoms with E-state index in [1.165, 1.54) is 48.7 Å². The Labute approximate surface area is 208 Å². The first-order valence-corrected chi connectivity index (χ1v) is 11.4. The number of nitrogens with one attached hydrogen (secondary N) is 2. The number of nitrogens with zero attached hydrogens (tertiary/aromatic N) is 2. The van der Waals surface area contributed by atoms with Crippen LogP contribution in [0.4, 0.5) is 14.5 Å². The maximum absolute atomic E-state index is 13.7. The topological polar surface area (TPSA) is 140 Å². The minimum absolute atomic E-state index is 0.0758. The Morgan fingerprint density at radius 3 is 1.74 bits per heavy atom. The normalized spacial score (nSPS) is 11.3. The zero-order chi connectivity index (χ0) is 26.0. The van der Waals surface area contributed by atoms with E-state index >= 15 is 0 Å². The van der Waals surface area contributed by atoms with Gasteiger partial charge in [0.05, 0.1) is 28.2 Å². The second-order valence-corrected chi connectivity index (χ2v) is 8.08. The van der Waals surface area contributed by atoms with Crippen LogP contribution in [0.25, 0.3) is 0 Å². The van der Waals surface area contributed by atoms with E-state index in [0.29, 0.717) is 11.3 Å². The number of hydrazone groups is 2. The standard InChI is InChI=1S/C21H14Cl2F2N4O.H2O4S/c22-17-3-1-5-19(24)15(17)11-26-28-14-9-7-13(8-10-14)21(30)29-27-12-16-18(23)4-2-6-20(16)25;1-5(2,3)4/h1-12,28H,(H,29,30);(H2,1,2,3,4). The molecule has 0 bridgehead atoms. The lowest BCUT2D eigenvalue weighted by Crippen LogP contribution is -2.17. The molecule has 0 atom stereocenters. The fraction of sp³-hybridized carbons (Fsp3) is 0. The van der Waals surface area contributed by atoms with Gasteiger partial charge in [-0.15, -0.1) is 0 Å². The van der Waals surface area contributed by atoms with Gasteiger partial charge in [-0.3, -0.25) is 19.3 Å². The highest BCUT2D eigenvalue weighted by Gasteiger charge is 2.07. The van der Waals surface area contributed by atoms with E-state index in [4.69, 9.17) is 40.7 Å². The monoisotopic (exact) mass is 544 g/mol. The lowest BCUT2D eigenvalue weighted by molar-refractivity contribution is 0.0955. The molecule has 3 rings (SSSR count). The minimum atomic E-state index is -4.67. The van der Waals surface area contributed by atoms with Crippen molar-refractivity contribution in [3.63, 3.8) is 0 Å². The van der Waals surface area contributed by atoms with Gasteiger partial charge in [-0.2, -0.15) is 18.6 Å². The van der Waals surface area contributed by atoms with Gasteiger partial charge in [0.25, 0.3) is 5.91 Å². The molecule has 4 N–H and O–H groups in total. The minimum Gasteiger partial charge on any atom is -0.279 e. The van der Waals surface area contributed by atoms with Gasteiger partial charge in [0.2, 0.25) is 0 Å². The van der Waals surface area contributed by atoms with Gasteiger partial charge < -0.3 is 0 Å². The first-order chi connectivity index (χ1) is 16.5. The van der Waals surface area contributed by atoms with Crippen LogP contribution in [0.5, 0.6) is 0 Å². The molecule has 1 amide bonds. The summed E-state index contributed by atoms with van der Waals surface area (Å²) in [5, 5.41) is 8.08. The van der Waals surface area contributed by atoms with E-state index in [-0.39, 0.29) is 21.2 Å². The van der Waals surface area contributed by atoms with E-state index < -0.39 is 27.9 Å². The number of benzene rings is 3. The van der Waals surface area contributed by atoms with E-state index in [0.717, 1.165) is 6.21 Å². The highest BCUT2D eigenvalue weighted by atomic mass is 35.5. The van der Waals surface area contributed by atoms with Gasteiger partial charge in [0.15, 0.2) is 0 Å². The molecule has 3 aromatic carbocycles. The van der Waals surface area contributed by atoms with Gasteiger partial charge in [0, 0.05) is 16.7 Å². The van der Waals surface area contributed by atoms with Crippen LogP contribution >= 0.6 is 23.2 Å². The molecule has 9 nitrogen and oxygen atoms in total. The van der Waals surface area contributed by atoms with Crippen LogP contribution in [0.2, 0.25) is 10.0 Å². The van der Waals surface area contributed by atoms with Crippen LogP contribution in [0.1, 0.15) is 21.5 Å². The Morgan fingerprint density at radius 2 is 1.29 bits per heavy atom. The molecule has 0 aliphatic carbocycles. The van der Waals surface area contributed by atoms with E-state index in [1.807, 2.05) is 0 Å². The number of hydrogen-bond donors (Lipinski definition) is 4. The van der Waals surface area contributed by atoms with E-state index in [9.17, 15) is 13.6 Å². The summed E-state index contributed by atoms with van der Waals surface area (Å²) >= 11 is 11.8. The SMILES string of the molecule is O=C(NN=Cc1c(F)cccc1Cl)c1ccc(NN=Cc2c(F)cccc2Cl)cc1.O=S(=O)(O)O. The molecule has 14 heteroatoms. The summed E-state index contributed by atoms with van der Waals surface area (Å²) in [5.74, 6) is -1.53. The first-order valence-electron chi connectivity index (χ1n) is 9.26. The maximum Gasteiger partial charge on any atom is 0.394 e. The summed E-state index contributed by atoms with van der Waals surface area (Å²) < 4.78 is 58.9. The molecule has 0 aromatic heterocycles. The molecule has 0 aliphatic rings. The van der Waals surface area contributed by atoms with Gasteiger partial charge in [-0.05, 0) is 48.5 Å². The molecule has 35 heavy (non-hydrogen) atoms. The Morgan fingerprint density at radius 1 is 0.829 bits per heavy atom. The molecule has 0 saturated heterocycles. The molecular weight excluding hydrogens is 529 g/mol. The molecule has 184 valence electrons. The largest absolute Gasteiger partial charge is 0.394 e. The zero-order valence-electron chi connectivity index (χ0n) is 17.4. The van der Waals surface area contributed by atoms with Crippen molar-refractivity contribution in [3.8, 4) is 0 Å². The van der Waals surface area contributed by atoms with Crippen molar-refractivity contribution in [2.24, 2.45) is 10.2 Å². The second-order valence-electron chi connectivity index (χ2n) is 6.36. The smallest absolute Gasteiger partial charge is 0.279 e. The number of amides is 1. The Bertz CT molecular complexity index is 1310. The summed E-state index contributed by atoms with van der Waals surface area (Å²) in [6.45, 7) is 0. The number of carbonyl (C=O) groups is 1. The summed E-state index contributed by atoms with van der Waals surface area (Å²) in [7, 11) is -4.67. The Balaban J connectivity index is 0.000000784. The number of halogens is 4. The molecule has 0 heterocycles. The van der Waals surface area contributed by atoms with Crippen molar-refractivity contribution >= 4 is 57.6 Å². The van der Waals surface area contributed by atoms with Gasteiger partial charge >= 0.3 is 10.4 Å². The van der Waals surface area contributed by atoms with Crippen molar-refractivity contribution in [2.75, 3.05) is 5.43 Å². The third-order valence-corrected chi connectivity index (χ3v) is 4.55. The van der Waals surface area contributed by atoms with Crippen LogP contribution in [-0.4, -0.2) is 35.9 Å². The van der Waals surface area contributed by atoms with Crippen molar-refractivity contribution in [2.45, 2.75) is 0 Å². The zero-order valence-corrected chi connectivity index (χ0v) is 19.7. The van der Waals surface area contributed by atoms with Crippen LogP contribution in [0, 0.1) is 11.6 Å². The highest BCUT2D eigenvalue weighted by molar-refractivity contribution is 7.79. The molecule has 0 aliphatic heterocycles. The van der Waals surface area contributed by atoms with Crippen LogP contribution in [-0.2, 0) is 10.4 Å². The average Bonchev–Trinajstić information content (AvgIpc) is 2.77. The van der Waals surface area contributed by atoms with Gasteiger partial charge in [0.1, 0.15) is 11.6 Å². The number of hydrogen-bond acceptors (Lipinski definition) is 6. The Hall–Kier alpha value is -3.42. The van der Waals surface area contributed by atoms with E-state index in [2.05, 4.69) is 21.1 Å². The average molecular weight is 545 g/mol. The number of rotatable bonds is 6. The predicted molar refractivity (Wildman–Crippen MR) is 130 cm³/mol. The molecule has 0 spiro atoms. The third-order valence-electron chi connectivity index (χ3n) is 3.89. The lowest BCUT2D eigenvalue weighted by atomic mass is 10.2. The molecular formula is C21H16Cl2F2N4O5S. The Kier molecular flexibility index (Phi) is 10.2. The van der Waals surface area contributed by atoms with Gasteiger partial charge in [-0.25, -0.2) is 14.2 Å². The van der Waals surface area contributed by atoms with Crippen molar-refractivity contribution in [3.05, 3.63) is 99.0 Å². The summed E-state index contributed by atoms with van der Waals surface area (Å²) in [4.78, 5) is 12.1. The summed E-state index contributed by atoms with van der Waals surface area (Å²) in [6, 6.07) is 14.8. The quantitative estimate of drug-likeness (QED) is 0.199. The van der Waals surface area contributed by atoms with Crippen LogP contribution < -0.4 is 10.9 Å². The lowest BCUT2D eigenvalue weighted by Gasteiger charge is -2.04. The molecule has 0 saturated carbocycles. The fourth-order valence-electron chi connectivity index (χ4n) is 2.36. The first kappa shape index (κ1) is 27.8. The van der Waals surface area contributed by atoms with Crippen molar-refractivity contribution < 1.29 is 31.1 Å². The van der Waals surface area contributed by atoms with E-state index in [1.54, 1.807) is 18.2 Å². The molecule has 3 aromatic rings. The van der Waals surface area contributed by atoms with Crippen LogP contribution in [0.15, 0.2) is 70.9 Å². The van der Waals surface area contributed by atoms with Crippen LogP contribution in [0.3, 0.4) is 0 Å². The summed E-state index contributed by atoms with van der Waals surface area (Å²) in [5.41, 5.74) is 6.14. The predicted octanol–water partition coefficient (Wildman–Crippen LogP) is 4.83. The summed E-state index contributed by atoms with van der Waals surface area (Å²) in [6.07, 6.45) is 2.40. The van der Waals surface area contributed by atoms with Gasteiger partial charge in [-0.1, -0.05) is 35.3 Å². The fourth-order valence-corrected chi connectivity index (χ4v) is 2.78.